The van der Waals surface area contributed by atoms with Gasteiger partial charge in [0, 0.05) is 37.5 Å². The molecule has 35 heavy (non-hydrogen) atoms. The van der Waals surface area contributed by atoms with Gasteiger partial charge in [0.2, 0.25) is 0 Å². The summed E-state index contributed by atoms with van der Waals surface area (Å²) >= 11 is 1.68. The van der Waals surface area contributed by atoms with E-state index in [1.807, 2.05) is 6.07 Å². The summed E-state index contributed by atoms with van der Waals surface area (Å²) in [7, 11) is 0.0777. The van der Waals surface area contributed by atoms with Crippen molar-refractivity contribution in [2.75, 3.05) is 19.8 Å². The van der Waals surface area contributed by atoms with Crippen LogP contribution in [0.1, 0.15) is 35.9 Å². The fourth-order valence-electron chi connectivity index (χ4n) is 3.62. The third kappa shape index (κ3) is 4.83. The van der Waals surface area contributed by atoms with Crippen molar-refractivity contribution in [1.82, 2.24) is 23.8 Å². The minimum atomic E-state index is -4.68. The van der Waals surface area contributed by atoms with Crippen LogP contribution in [0.3, 0.4) is 0 Å². The summed E-state index contributed by atoms with van der Waals surface area (Å²) in [5.41, 5.74) is -1.03. The maximum Gasteiger partial charge on any atom is 0.431 e. The molecule has 0 aromatic carbocycles. The van der Waals surface area contributed by atoms with Crippen LogP contribution in [0.25, 0.3) is 23.2 Å². The van der Waals surface area contributed by atoms with E-state index < -0.39 is 21.7 Å². The first-order chi connectivity index (χ1) is 16.4. The van der Waals surface area contributed by atoms with Crippen LogP contribution in [-0.2, 0) is 16.9 Å². The number of alkyl halides is 3. The molecule has 1 fully saturated rings. The van der Waals surface area contributed by atoms with Crippen molar-refractivity contribution in [1.29, 1.82) is 0 Å². The van der Waals surface area contributed by atoms with Crippen LogP contribution < -0.4 is 0 Å². The molecule has 0 spiro atoms. The average Bonchev–Trinajstić information content (AvgIpc) is 3.41. The number of pyridine rings is 1. The molecule has 0 unspecified atom stereocenters. The molecule has 0 atom stereocenters. The van der Waals surface area contributed by atoms with Crippen LogP contribution in [0.4, 0.5) is 13.2 Å². The number of sulfone groups is 1. The van der Waals surface area contributed by atoms with Gasteiger partial charge >= 0.3 is 6.18 Å². The number of allylic oxidation sites excluding steroid dienone is 1. The van der Waals surface area contributed by atoms with Gasteiger partial charge in [0.1, 0.15) is 22.7 Å². The predicted molar refractivity (Wildman–Crippen MR) is 127 cm³/mol. The lowest BCUT2D eigenvalue weighted by Crippen LogP contribution is -2.25. The van der Waals surface area contributed by atoms with E-state index in [0.29, 0.717) is 17.2 Å². The van der Waals surface area contributed by atoms with Crippen molar-refractivity contribution >= 4 is 39.6 Å². The quantitative estimate of drug-likeness (QED) is 0.408. The Kier molecular flexibility index (Phi) is 6.51. The largest absolute Gasteiger partial charge is 0.431 e. The first kappa shape index (κ1) is 25.3. The Labute approximate surface area is 204 Å². The number of thioether (sulfide) groups is 1. The molecule has 3 aromatic heterocycles. The second kappa shape index (κ2) is 9.01. The highest BCUT2D eigenvalue weighted by molar-refractivity contribution is 8.00. The zero-order valence-corrected chi connectivity index (χ0v) is 21.1. The van der Waals surface area contributed by atoms with E-state index in [9.17, 15) is 26.4 Å². The minimum Gasteiger partial charge on any atom is -0.374 e. The van der Waals surface area contributed by atoms with Crippen molar-refractivity contribution in [3.63, 3.8) is 0 Å². The van der Waals surface area contributed by atoms with Gasteiger partial charge in [-0.1, -0.05) is 6.92 Å². The molecule has 1 aliphatic carbocycles. The number of hydrogen-bond acceptors (Lipinski definition) is 7. The summed E-state index contributed by atoms with van der Waals surface area (Å²) in [4.78, 5) is 22.4. The maximum atomic E-state index is 13.5. The van der Waals surface area contributed by atoms with E-state index in [2.05, 4.69) is 9.97 Å². The van der Waals surface area contributed by atoms with Crippen LogP contribution in [-0.4, -0.2) is 69.8 Å². The fourth-order valence-corrected chi connectivity index (χ4v) is 5.85. The Morgan fingerprint density at radius 2 is 1.97 bits per heavy atom. The van der Waals surface area contributed by atoms with Gasteiger partial charge in [-0.25, -0.2) is 18.4 Å². The average molecular weight is 528 g/mol. The maximum absolute atomic E-state index is 13.5. The van der Waals surface area contributed by atoms with Crippen LogP contribution in [0.2, 0.25) is 0 Å². The highest BCUT2D eigenvalue weighted by Crippen LogP contribution is 2.40. The summed E-state index contributed by atoms with van der Waals surface area (Å²) < 4.78 is 69.4. The normalized spacial score (nSPS) is 15.1. The standard InChI is InChI=1S/C22H24F3N5O3S2/c1-5-35(32,33)21-19(27-18-10-14(8-9-30(18)21)34-13-6-7-13)20-26-15(16(12-31)29(20)4)11-17(28(2)3)22(23,24)25/h8-13H,5-7H2,1-4H3/b17-11-. The molecule has 0 saturated heterocycles. The number of aldehydes is 1. The minimum absolute atomic E-state index is 0.0225. The monoisotopic (exact) mass is 527 g/mol. The molecule has 8 nitrogen and oxygen atoms in total. The summed E-state index contributed by atoms with van der Waals surface area (Å²) in [6.07, 6.45) is 0.335. The van der Waals surface area contributed by atoms with Crippen LogP contribution in [0, 0.1) is 0 Å². The number of fused-ring (bicyclic) bond motifs is 1. The third-order valence-corrected chi connectivity index (χ3v) is 8.66. The molecule has 3 aromatic rings. The van der Waals surface area contributed by atoms with Crippen LogP contribution >= 0.6 is 11.8 Å². The topological polar surface area (TPSA) is 89.6 Å². The number of aromatic nitrogens is 4. The van der Waals surface area contributed by atoms with Gasteiger partial charge in [0.05, 0.1) is 11.4 Å². The van der Waals surface area contributed by atoms with Gasteiger partial charge < -0.3 is 9.47 Å². The number of carbonyl (C=O) groups is 1. The summed E-state index contributed by atoms with van der Waals surface area (Å²) in [5.74, 6) is -0.242. The first-order valence-electron chi connectivity index (χ1n) is 10.8. The van der Waals surface area contributed by atoms with Gasteiger partial charge in [-0.3, -0.25) is 9.20 Å². The number of nitrogens with zero attached hydrogens (tertiary/aromatic N) is 5. The van der Waals surface area contributed by atoms with Crippen molar-refractivity contribution in [3.8, 4) is 11.5 Å². The highest BCUT2D eigenvalue weighted by Gasteiger charge is 2.36. The number of imidazole rings is 2. The molecule has 0 radical (unpaired) electrons. The lowest BCUT2D eigenvalue weighted by molar-refractivity contribution is -0.106. The Hall–Kier alpha value is -2.80. The number of halogens is 3. The summed E-state index contributed by atoms with van der Waals surface area (Å²) in [6, 6.07) is 3.59. The Balaban J connectivity index is 1.96. The molecule has 3 heterocycles. The van der Waals surface area contributed by atoms with Gasteiger partial charge in [0.25, 0.3) is 0 Å². The van der Waals surface area contributed by atoms with Gasteiger partial charge in [-0.2, -0.15) is 13.2 Å². The fraction of sp³-hybridized carbons (Fsp3) is 0.409. The van der Waals surface area contributed by atoms with Crippen LogP contribution in [0.15, 0.2) is 33.9 Å². The van der Waals surface area contributed by atoms with E-state index in [1.165, 1.54) is 37.0 Å². The van der Waals surface area contributed by atoms with Gasteiger partial charge in [-0.15, -0.1) is 11.8 Å². The lowest BCUT2D eigenvalue weighted by atomic mass is 10.2. The second-order valence-electron chi connectivity index (χ2n) is 8.38. The van der Waals surface area contributed by atoms with E-state index in [1.54, 1.807) is 24.0 Å². The predicted octanol–water partition coefficient (Wildman–Crippen LogP) is 4.06. The van der Waals surface area contributed by atoms with E-state index >= 15 is 0 Å². The van der Waals surface area contributed by atoms with Gasteiger partial charge in [0.15, 0.2) is 27.0 Å². The summed E-state index contributed by atoms with van der Waals surface area (Å²) in [6.45, 7) is 1.49. The molecule has 1 aliphatic rings. The zero-order valence-electron chi connectivity index (χ0n) is 19.5. The molecule has 1 saturated carbocycles. The molecule has 4 rings (SSSR count). The van der Waals surface area contributed by atoms with E-state index in [4.69, 9.17) is 0 Å². The lowest BCUT2D eigenvalue weighted by Gasteiger charge is -2.19. The Morgan fingerprint density at radius 1 is 1.29 bits per heavy atom. The molecule has 0 N–H and O–H groups in total. The van der Waals surface area contributed by atoms with Crippen molar-refractivity contribution in [2.24, 2.45) is 7.05 Å². The van der Waals surface area contributed by atoms with E-state index in [-0.39, 0.29) is 33.7 Å². The van der Waals surface area contributed by atoms with Crippen molar-refractivity contribution in [2.45, 2.75) is 41.1 Å². The molecule has 13 heteroatoms. The van der Waals surface area contributed by atoms with Gasteiger partial charge in [-0.05, 0) is 31.1 Å². The smallest absolute Gasteiger partial charge is 0.374 e. The van der Waals surface area contributed by atoms with Crippen molar-refractivity contribution in [3.05, 3.63) is 35.4 Å². The second-order valence-corrected chi connectivity index (χ2v) is 11.9. The number of rotatable bonds is 8. The molecule has 0 amide bonds. The first-order valence-corrected chi connectivity index (χ1v) is 13.3. The van der Waals surface area contributed by atoms with E-state index in [0.717, 1.165) is 28.7 Å². The third-order valence-electron chi connectivity index (χ3n) is 5.59. The van der Waals surface area contributed by atoms with Crippen LogP contribution in [0.5, 0.6) is 0 Å². The molecular formula is C22H24F3N5O3S2. The number of hydrogen-bond donors (Lipinski definition) is 0. The highest BCUT2D eigenvalue weighted by atomic mass is 32.2. The number of carbonyl (C=O) groups excluding carboxylic acids is 1. The van der Waals surface area contributed by atoms with Crippen molar-refractivity contribution < 1.29 is 26.4 Å². The molecule has 188 valence electrons. The summed E-state index contributed by atoms with van der Waals surface area (Å²) in [5, 5.41) is 0.409. The molecule has 0 aliphatic heterocycles. The Morgan fingerprint density at radius 3 is 2.51 bits per heavy atom. The Bertz CT molecular complexity index is 1430. The zero-order chi connectivity index (χ0) is 25.7. The molecular weight excluding hydrogens is 503 g/mol. The molecule has 0 bridgehead atoms. The SMILES string of the molecule is CCS(=O)(=O)c1c(-c2nc(/C=C(\N(C)C)C(F)(F)F)c(C=O)n2C)nc2cc(SC3CC3)ccn12.